The van der Waals surface area contributed by atoms with E-state index in [1.165, 1.54) is 22.7 Å². The fourth-order valence-electron chi connectivity index (χ4n) is 1.48. The summed E-state index contributed by atoms with van der Waals surface area (Å²) in [6, 6.07) is 0. The van der Waals surface area contributed by atoms with E-state index in [2.05, 4.69) is 27.5 Å². The topological polar surface area (TPSA) is 92.9 Å². The van der Waals surface area contributed by atoms with Gasteiger partial charge in [0.1, 0.15) is 10.7 Å². The zero-order valence-corrected chi connectivity index (χ0v) is 13.2. The van der Waals surface area contributed by atoms with Gasteiger partial charge in [0, 0.05) is 11.4 Å². The summed E-state index contributed by atoms with van der Waals surface area (Å²) in [5, 5.41) is 7.13. The second-order valence-corrected chi connectivity index (χ2v) is 6.48. The maximum atomic E-state index is 12.2. The molecule has 8 heteroatoms. The fourth-order valence-corrected chi connectivity index (χ4v) is 3.10. The number of hydrogen-bond acceptors (Lipinski definition) is 7. The van der Waals surface area contributed by atoms with Crippen molar-refractivity contribution in [1.29, 1.82) is 0 Å². The maximum Gasteiger partial charge on any atom is 0.271 e. The highest BCUT2D eigenvalue weighted by atomic mass is 32.1. The summed E-state index contributed by atoms with van der Waals surface area (Å²) in [5.41, 5.74) is 6.71. The summed E-state index contributed by atoms with van der Waals surface area (Å²) >= 11 is 2.70. The largest absolute Gasteiger partial charge is 0.382 e. The predicted molar refractivity (Wildman–Crippen MR) is 84.8 cm³/mol. The normalized spacial score (nSPS) is 10.6. The molecule has 0 saturated heterocycles. The number of rotatable bonds is 5. The Hall–Kier alpha value is -1.67. The summed E-state index contributed by atoms with van der Waals surface area (Å²) in [4.78, 5) is 22.1. The smallest absolute Gasteiger partial charge is 0.271 e. The summed E-state index contributed by atoms with van der Waals surface area (Å²) in [5.74, 6) is -0.0191. The molecule has 6 nitrogen and oxygen atoms in total. The number of carbonyl (C=O) groups excluding carboxylic acids is 1. The van der Waals surface area contributed by atoms with Gasteiger partial charge in [0.05, 0.1) is 5.69 Å². The third kappa shape index (κ3) is 3.26. The Morgan fingerprint density at radius 2 is 2.00 bits per heavy atom. The highest BCUT2D eigenvalue weighted by Crippen LogP contribution is 2.27. The number of nitrogens with zero attached hydrogens (tertiary/aromatic N) is 2. The first-order valence-corrected chi connectivity index (χ1v) is 7.90. The molecule has 2 heterocycles. The Morgan fingerprint density at radius 1 is 1.25 bits per heavy atom. The van der Waals surface area contributed by atoms with Crippen LogP contribution in [0, 0.1) is 13.8 Å². The van der Waals surface area contributed by atoms with Gasteiger partial charge >= 0.3 is 0 Å². The molecule has 108 valence electrons. The average molecular weight is 311 g/mol. The first kappa shape index (κ1) is 14.7. The van der Waals surface area contributed by atoms with Gasteiger partial charge in [-0.2, -0.15) is 0 Å². The zero-order valence-electron chi connectivity index (χ0n) is 11.6. The molecule has 0 unspecified atom stereocenters. The van der Waals surface area contributed by atoms with Crippen LogP contribution in [0.3, 0.4) is 0 Å². The van der Waals surface area contributed by atoms with E-state index < -0.39 is 0 Å². The number of anilines is 3. The SMILES string of the molecule is CCCNc1nc(N)c(C(=O)Nc2nc(C)c(C)s2)s1. The molecule has 2 aromatic rings. The fraction of sp³-hybridized carbons (Fsp3) is 0.417. The molecule has 0 atom stereocenters. The van der Waals surface area contributed by atoms with Crippen LogP contribution in [0.2, 0.25) is 0 Å². The van der Waals surface area contributed by atoms with Gasteiger partial charge in [-0.25, -0.2) is 9.97 Å². The van der Waals surface area contributed by atoms with Crippen LogP contribution in [-0.2, 0) is 0 Å². The molecule has 20 heavy (non-hydrogen) atoms. The lowest BCUT2D eigenvalue weighted by Crippen LogP contribution is -2.11. The molecule has 0 fully saturated rings. The second kappa shape index (κ2) is 6.19. The molecule has 2 rings (SSSR count). The molecule has 1 amide bonds. The molecule has 2 aromatic heterocycles. The number of aromatic nitrogens is 2. The van der Waals surface area contributed by atoms with Crippen molar-refractivity contribution in [3.63, 3.8) is 0 Å². The molecular formula is C12H17N5OS2. The van der Waals surface area contributed by atoms with Gasteiger partial charge in [0.25, 0.3) is 5.91 Å². The lowest BCUT2D eigenvalue weighted by molar-refractivity contribution is 0.103. The maximum absolute atomic E-state index is 12.2. The molecule has 0 spiro atoms. The minimum atomic E-state index is -0.265. The number of amides is 1. The van der Waals surface area contributed by atoms with E-state index in [0.29, 0.717) is 15.1 Å². The first-order chi connectivity index (χ1) is 9.51. The molecule has 0 aliphatic carbocycles. The van der Waals surface area contributed by atoms with Crippen molar-refractivity contribution in [1.82, 2.24) is 9.97 Å². The highest BCUT2D eigenvalue weighted by Gasteiger charge is 2.17. The Balaban J connectivity index is 2.10. The lowest BCUT2D eigenvalue weighted by atomic mass is 10.4. The van der Waals surface area contributed by atoms with E-state index in [0.717, 1.165) is 23.5 Å². The Labute approximate surface area is 125 Å². The molecule has 0 aromatic carbocycles. The Morgan fingerprint density at radius 3 is 2.60 bits per heavy atom. The third-order valence-corrected chi connectivity index (χ3v) is 4.65. The van der Waals surface area contributed by atoms with E-state index in [-0.39, 0.29) is 11.7 Å². The van der Waals surface area contributed by atoms with Crippen molar-refractivity contribution in [3.05, 3.63) is 15.4 Å². The summed E-state index contributed by atoms with van der Waals surface area (Å²) in [6.45, 7) is 6.75. The number of nitrogen functional groups attached to an aromatic ring is 1. The molecule has 0 aliphatic heterocycles. The van der Waals surface area contributed by atoms with Gasteiger partial charge in [-0.05, 0) is 20.3 Å². The summed E-state index contributed by atoms with van der Waals surface area (Å²) in [7, 11) is 0. The van der Waals surface area contributed by atoms with E-state index in [9.17, 15) is 4.79 Å². The van der Waals surface area contributed by atoms with Crippen LogP contribution in [0.15, 0.2) is 0 Å². The van der Waals surface area contributed by atoms with E-state index in [1.807, 2.05) is 13.8 Å². The van der Waals surface area contributed by atoms with Gasteiger partial charge in [0.2, 0.25) is 0 Å². The van der Waals surface area contributed by atoms with Gasteiger partial charge in [0.15, 0.2) is 10.3 Å². The van der Waals surface area contributed by atoms with Gasteiger partial charge < -0.3 is 11.1 Å². The van der Waals surface area contributed by atoms with Crippen LogP contribution in [0.25, 0.3) is 0 Å². The molecule has 0 aliphatic rings. The Kier molecular flexibility index (Phi) is 4.56. The van der Waals surface area contributed by atoms with Crippen LogP contribution < -0.4 is 16.4 Å². The minimum absolute atomic E-state index is 0.246. The van der Waals surface area contributed by atoms with E-state index >= 15 is 0 Å². The highest BCUT2D eigenvalue weighted by molar-refractivity contribution is 7.18. The standard InChI is InChI=1S/C12H17N5OS2/c1-4-5-14-11-16-9(13)8(20-11)10(18)17-12-15-6(2)7(3)19-12/h4-5,13H2,1-3H3,(H,14,16)(H,15,17,18). The van der Waals surface area contributed by atoms with Gasteiger partial charge in [-0.3, -0.25) is 10.1 Å². The van der Waals surface area contributed by atoms with Crippen molar-refractivity contribution in [3.8, 4) is 0 Å². The van der Waals surface area contributed by atoms with E-state index in [1.54, 1.807) is 0 Å². The second-order valence-electron chi connectivity index (χ2n) is 4.27. The van der Waals surface area contributed by atoms with Crippen LogP contribution in [0.5, 0.6) is 0 Å². The monoisotopic (exact) mass is 311 g/mol. The number of nitrogens with one attached hydrogen (secondary N) is 2. The predicted octanol–water partition coefficient (Wildman–Crippen LogP) is 2.87. The number of carbonyl (C=O) groups is 1. The number of aryl methyl sites for hydroxylation is 2. The van der Waals surface area contributed by atoms with Crippen LogP contribution in [0.1, 0.15) is 33.6 Å². The van der Waals surface area contributed by atoms with Crippen LogP contribution in [-0.4, -0.2) is 22.4 Å². The quantitative estimate of drug-likeness (QED) is 0.789. The van der Waals surface area contributed by atoms with Crippen LogP contribution >= 0.6 is 22.7 Å². The summed E-state index contributed by atoms with van der Waals surface area (Å²) in [6.07, 6.45) is 0.985. The van der Waals surface area contributed by atoms with Crippen molar-refractivity contribution in [2.24, 2.45) is 0 Å². The number of hydrogen-bond donors (Lipinski definition) is 3. The molecule has 0 radical (unpaired) electrons. The third-order valence-electron chi connectivity index (χ3n) is 2.63. The molecule has 0 bridgehead atoms. The number of thiazole rings is 2. The molecular weight excluding hydrogens is 294 g/mol. The van der Waals surface area contributed by atoms with Crippen molar-refractivity contribution < 1.29 is 4.79 Å². The van der Waals surface area contributed by atoms with Crippen molar-refractivity contribution in [2.45, 2.75) is 27.2 Å². The minimum Gasteiger partial charge on any atom is -0.382 e. The van der Waals surface area contributed by atoms with Crippen LogP contribution in [0.4, 0.5) is 16.1 Å². The summed E-state index contributed by atoms with van der Waals surface area (Å²) < 4.78 is 0. The lowest BCUT2D eigenvalue weighted by Gasteiger charge is -1.98. The van der Waals surface area contributed by atoms with Crippen molar-refractivity contribution in [2.75, 3.05) is 22.9 Å². The molecule has 4 N–H and O–H groups in total. The average Bonchev–Trinajstić information content (AvgIpc) is 2.90. The van der Waals surface area contributed by atoms with E-state index in [4.69, 9.17) is 5.73 Å². The zero-order chi connectivity index (χ0) is 14.7. The number of nitrogens with two attached hydrogens (primary N) is 1. The van der Waals surface area contributed by atoms with Gasteiger partial charge in [-0.1, -0.05) is 18.3 Å². The van der Waals surface area contributed by atoms with Gasteiger partial charge in [-0.15, -0.1) is 11.3 Å². The van der Waals surface area contributed by atoms with Crippen molar-refractivity contribution >= 4 is 44.7 Å². The first-order valence-electron chi connectivity index (χ1n) is 6.26. The Bertz CT molecular complexity index is 600. The molecule has 0 saturated carbocycles.